The Morgan fingerprint density at radius 3 is 2.36 bits per heavy atom. The number of benzene rings is 1. The highest BCUT2D eigenvalue weighted by atomic mass is 16.5. The van der Waals surface area contributed by atoms with Crippen LogP contribution in [0.1, 0.15) is 21.7 Å². The second-order valence-electron chi connectivity index (χ2n) is 5.15. The third kappa shape index (κ3) is 3.33. The Morgan fingerprint density at radius 1 is 1.18 bits per heavy atom. The molecule has 0 unspecified atom stereocenters. The summed E-state index contributed by atoms with van der Waals surface area (Å²) in [5, 5.41) is 2.87. The van der Waals surface area contributed by atoms with Gasteiger partial charge in [0.1, 0.15) is 5.75 Å². The van der Waals surface area contributed by atoms with E-state index in [1.54, 1.807) is 31.4 Å². The van der Waals surface area contributed by atoms with Crippen LogP contribution in [0.5, 0.6) is 5.75 Å². The van der Waals surface area contributed by atoms with Crippen molar-refractivity contribution in [1.82, 2.24) is 9.97 Å². The molecule has 116 valence electrons. The normalized spacial score (nSPS) is 10.2. The van der Waals surface area contributed by atoms with Gasteiger partial charge < -0.3 is 15.0 Å². The lowest BCUT2D eigenvalue weighted by Gasteiger charge is -2.15. The van der Waals surface area contributed by atoms with Crippen LogP contribution >= 0.6 is 0 Å². The summed E-state index contributed by atoms with van der Waals surface area (Å²) < 4.78 is 5.13. The van der Waals surface area contributed by atoms with E-state index in [0.29, 0.717) is 22.9 Å². The van der Waals surface area contributed by atoms with Crippen molar-refractivity contribution in [2.24, 2.45) is 0 Å². The first kappa shape index (κ1) is 15.8. The average Bonchev–Trinajstić information content (AvgIpc) is 2.50. The smallest absolute Gasteiger partial charge is 0.255 e. The zero-order valence-corrected chi connectivity index (χ0v) is 13.5. The monoisotopic (exact) mass is 300 g/mol. The van der Waals surface area contributed by atoms with E-state index in [0.717, 1.165) is 11.4 Å². The molecule has 0 aliphatic rings. The lowest BCUT2D eigenvalue weighted by Crippen LogP contribution is -2.18. The minimum absolute atomic E-state index is 0.216. The van der Waals surface area contributed by atoms with E-state index < -0.39 is 0 Å². The van der Waals surface area contributed by atoms with Gasteiger partial charge >= 0.3 is 0 Å². The fourth-order valence-electron chi connectivity index (χ4n) is 2.03. The maximum absolute atomic E-state index is 12.4. The van der Waals surface area contributed by atoms with Crippen molar-refractivity contribution in [2.75, 3.05) is 31.4 Å². The largest absolute Gasteiger partial charge is 0.497 e. The molecule has 6 heteroatoms. The summed E-state index contributed by atoms with van der Waals surface area (Å²) in [5.74, 6) is 1.04. The van der Waals surface area contributed by atoms with Gasteiger partial charge in [-0.1, -0.05) is 6.07 Å². The fourth-order valence-corrected chi connectivity index (χ4v) is 2.03. The van der Waals surface area contributed by atoms with Crippen molar-refractivity contribution < 1.29 is 9.53 Å². The quantitative estimate of drug-likeness (QED) is 0.939. The standard InChI is InChI=1S/C16H20N4O2/c1-10-14(11(2)18-16(17-10)20(3)4)19-15(21)12-7-6-8-13(9-12)22-5/h6-9H,1-5H3,(H,19,21). The van der Waals surface area contributed by atoms with E-state index in [1.807, 2.05) is 32.8 Å². The Labute approximate surface area is 130 Å². The fraction of sp³-hybridized carbons (Fsp3) is 0.312. The molecule has 0 saturated heterocycles. The van der Waals surface area contributed by atoms with Gasteiger partial charge in [-0.2, -0.15) is 0 Å². The van der Waals surface area contributed by atoms with Crippen molar-refractivity contribution in [1.29, 1.82) is 0 Å². The first-order chi connectivity index (χ1) is 10.4. The molecule has 1 heterocycles. The number of carbonyl (C=O) groups excluding carboxylic acids is 1. The van der Waals surface area contributed by atoms with Crippen LogP contribution in [0.3, 0.4) is 0 Å². The molecule has 6 nitrogen and oxygen atoms in total. The molecular formula is C16H20N4O2. The Balaban J connectivity index is 2.28. The van der Waals surface area contributed by atoms with E-state index in [9.17, 15) is 4.79 Å². The summed E-state index contributed by atoms with van der Waals surface area (Å²) in [6.07, 6.45) is 0. The summed E-state index contributed by atoms with van der Waals surface area (Å²) in [6, 6.07) is 6.99. The van der Waals surface area contributed by atoms with Crippen molar-refractivity contribution in [3.05, 3.63) is 41.2 Å². The minimum Gasteiger partial charge on any atom is -0.497 e. The van der Waals surface area contributed by atoms with Gasteiger partial charge in [0, 0.05) is 19.7 Å². The van der Waals surface area contributed by atoms with Crippen LogP contribution in [0.15, 0.2) is 24.3 Å². The van der Waals surface area contributed by atoms with E-state index in [2.05, 4.69) is 15.3 Å². The first-order valence-corrected chi connectivity index (χ1v) is 6.90. The van der Waals surface area contributed by atoms with Gasteiger partial charge in [-0.15, -0.1) is 0 Å². The van der Waals surface area contributed by atoms with Crippen LogP contribution < -0.4 is 15.0 Å². The maximum atomic E-state index is 12.4. The molecule has 0 radical (unpaired) electrons. The molecule has 0 aliphatic heterocycles. The van der Waals surface area contributed by atoms with Gasteiger partial charge in [0.05, 0.1) is 24.2 Å². The van der Waals surface area contributed by atoms with E-state index in [-0.39, 0.29) is 5.91 Å². The third-order valence-electron chi connectivity index (χ3n) is 3.23. The number of methoxy groups -OCH3 is 1. The van der Waals surface area contributed by atoms with Crippen molar-refractivity contribution in [3.63, 3.8) is 0 Å². The molecule has 1 amide bonds. The number of rotatable bonds is 4. The Hall–Kier alpha value is -2.63. The predicted octanol–water partition coefficient (Wildman–Crippen LogP) is 2.42. The van der Waals surface area contributed by atoms with Crippen LogP contribution in [-0.2, 0) is 0 Å². The van der Waals surface area contributed by atoms with Gasteiger partial charge in [-0.25, -0.2) is 9.97 Å². The second kappa shape index (κ2) is 6.43. The number of nitrogens with zero attached hydrogens (tertiary/aromatic N) is 3. The number of hydrogen-bond donors (Lipinski definition) is 1. The minimum atomic E-state index is -0.216. The Bertz CT molecular complexity index is 675. The number of amides is 1. The molecular weight excluding hydrogens is 280 g/mol. The average molecular weight is 300 g/mol. The van der Waals surface area contributed by atoms with Crippen molar-refractivity contribution in [3.8, 4) is 5.75 Å². The number of carbonyl (C=O) groups is 1. The first-order valence-electron chi connectivity index (χ1n) is 6.90. The summed E-state index contributed by atoms with van der Waals surface area (Å²) in [5.41, 5.74) is 2.62. The van der Waals surface area contributed by atoms with Gasteiger partial charge in [0.2, 0.25) is 5.95 Å². The molecule has 0 spiro atoms. The van der Waals surface area contributed by atoms with Gasteiger partial charge in [-0.05, 0) is 32.0 Å². The zero-order chi connectivity index (χ0) is 16.3. The lowest BCUT2D eigenvalue weighted by atomic mass is 10.2. The summed E-state index contributed by atoms with van der Waals surface area (Å²) in [4.78, 5) is 23.0. The van der Waals surface area contributed by atoms with Crippen molar-refractivity contribution >= 4 is 17.5 Å². The molecule has 1 N–H and O–H groups in total. The molecule has 0 saturated carbocycles. The highest BCUT2D eigenvalue weighted by molar-refractivity contribution is 6.05. The predicted molar refractivity (Wildman–Crippen MR) is 86.8 cm³/mol. The van der Waals surface area contributed by atoms with Crippen LogP contribution in [0.4, 0.5) is 11.6 Å². The van der Waals surface area contributed by atoms with Crippen LogP contribution in [0, 0.1) is 13.8 Å². The number of aromatic nitrogens is 2. The highest BCUT2D eigenvalue weighted by Gasteiger charge is 2.14. The number of anilines is 2. The molecule has 1 aromatic carbocycles. The molecule has 0 fully saturated rings. The van der Waals surface area contributed by atoms with Gasteiger partial charge in [-0.3, -0.25) is 4.79 Å². The number of nitrogens with one attached hydrogen (secondary N) is 1. The number of aryl methyl sites for hydroxylation is 2. The molecule has 2 aromatic rings. The molecule has 2 rings (SSSR count). The zero-order valence-electron chi connectivity index (χ0n) is 13.5. The number of hydrogen-bond acceptors (Lipinski definition) is 5. The van der Waals surface area contributed by atoms with Gasteiger partial charge in [0.15, 0.2) is 0 Å². The van der Waals surface area contributed by atoms with Crippen LogP contribution in [0.25, 0.3) is 0 Å². The van der Waals surface area contributed by atoms with E-state index in [1.165, 1.54) is 0 Å². The van der Waals surface area contributed by atoms with Crippen LogP contribution in [0.2, 0.25) is 0 Å². The van der Waals surface area contributed by atoms with E-state index in [4.69, 9.17) is 4.74 Å². The molecule has 0 bridgehead atoms. The van der Waals surface area contributed by atoms with E-state index >= 15 is 0 Å². The third-order valence-corrected chi connectivity index (χ3v) is 3.23. The molecule has 0 atom stereocenters. The highest BCUT2D eigenvalue weighted by Crippen LogP contribution is 2.21. The van der Waals surface area contributed by atoms with Crippen molar-refractivity contribution in [2.45, 2.75) is 13.8 Å². The topological polar surface area (TPSA) is 67.3 Å². The number of ether oxygens (including phenoxy) is 1. The van der Waals surface area contributed by atoms with Crippen LogP contribution in [-0.4, -0.2) is 37.1 Å². The second-order valence-corrected chi connectivity index (χ2v) is 5.15. The lowest BCUT2D eigenvalue weighted by molar-refractivity contribution is 0.102. The summed E-state index contributed by atoms with van der Waals surface area (Å²) >= 11 is 0. The maximum Gasteiger partial charge on any atom is 0.255 e. The Morgan fingerprint density at radius 2 is 1.82 bits per heavy atom. The molecule has 1 aromatic heterocycles. The SMILES string of the molecule is COc1cccc(C(=O)Nc2c(C)nc(N(C)C)nc2C)c1. The Kier molecular flexibility index (Phi) is 4.60. The molecule has 22 heavy (non-hydrogen) atoms. The van der Waals surface area contributed by atoms with Gasteiger partial charge in [0.25, 0.3) is 5.91 Å². The molecule has 0 aliphatic carbocycles. The summed E-state index contributed by atoms with van der Waals surface area (Å²) in [6.45, 7) is 3.70. The summed E-state index contributed by atoms with van der Waals surface area (Å²) in [7, 11) is 5.32.